The summed E-state index contributed by atoms with van der Waals surface area (Å²) in [7, 11) is 0. The molecule has 0 fully saturated rings. The highest BCUT2D eigenvalue weighted by molar-refractivity contribution is 5.84. The molecule has 4 heteroatoms. The maximum absolute atomic E-state index is 5.29. The standard InChI is InChI=1S/C5H10N4/c1-4-3-7-5(2-6)9-8-4/h8H,1-3,6H2,(H,7,9). The number of amidine groups is 1. The molecule has 0 aliphatic carbocycles. The first kappa shape index (κ1) is 6.10. The first-order valence-electron chi connectivity index (χ1n) is 2.76. The number of aliphatic imine (C=N–C) groups is 1. The van der Waals surface area contributed by atoms with Crippen molar-refractivity contribution < 1.29 is 0 Å². The molecule has 9 heavy (non-hydrogen) atoms. The smallest absolute Gasteiger partial charge is 0.129 e. The Labute approximate surface area is 53.8 Å². The summed E-state index contributed by atoms with van der Waals surface area (Å²) in [5.41, 5.74) is 11.8. The predicted octanol–water partition coefficient (Wildman–Crippen LogP) is -1.03. The summed E-state index contributed by atoms with van der Waals surface area (Å²) in [6, 6.07) is 0. The van der Waals surface area contributed by atoms with Crippen molar-refractivity contribution in [2.45, 2.75) is 0 Å². The van der Waals surface area contributed by atoms with Crippen LogP contribution < -0.4 is 16.6 Å². The monoisotopic (exact) mass is 126 g/mol. The van der Waals surface area contributed by atoms with Gasteiger partial charge in [0, 0.05) is 5.70 Å². The van der Waals surface area contributed by atoms with Crippen LogP contribution in [0.3, 0.4) is 0 Å². The lowest BCUT2D eigenvalue weighted by molar-refractivity contribution is 0.705. The molecule has 0 aromatic carbocycles. The summed E-state index contributed by atoms with van der Waals surface area (Å²) in [4.78, 5) is 4.05. The van der Waals surface area contributed by atoms with Crippen LogP contribution in [0.15, 0.2) is 17.3 Å². The van der Waals surface area contributed by atoms with Crippen LogP contribution in [-0.4, -0.2) is 18.9 Å². The van der Waals surface area contributed by atoms with Crippen molar-refractivity contribution in [3.05, 3.63) is 12.3 Å². The maximum atomic E-state index is 5.29. The van der Waals surface area contributed by atoms with E-state index in [0.717, 1.165) is 11.5 Å². The van der Waals surface area contributed by atoms with Gasteiger partial charge in [-0.15, -0.1) is 0 Å². The van der Waals surface area contributed by atoms with Gasteiger partial charge >= 0.3 is 0 Å². The molecule has 0 saturated carbocycles. The van der Waals surface area contributed by atoms with Crippen LogP contribution in [-0.2, 0) is 0 Å². The number of hydrogen-bond acceptors (Lipinski definition) is 4. The highest BCUT2D eigenvalue weighted by atomic mass is 15.4. The second-order valence-electron chi connectivity index (χ2n) is 1.82. The molecule has 1 aliphatic rings. The number of nitrogens with zero attached hydrogens (tertiary/aromatic N) is 1. The third kappa shape index (κ3) is 1.43. The van der Waals surface area contributed by atoms with Crippen LogP contribution >= 0.6 is 0 Å². The van der Waals surface area contributed by atoms with E-state index >= 15 is 0 Å². The molecule has 4 nitrogen and oxygen atoms in total. The minimum atomic E-state index is 0.445. The summed E-state index contributed by atoms with van der Waals surface area (Å²) in [6.45, 7) is 4.73. The summed E-state index contributed by atoms with van der Waals surface area (Å²) in [6.07, 6.45) is 0. The third-order valence-corrected chi connectivity index (χ3v) is 1.04. The molecule has 0 unspecified atom stereocenters. The molecule has 0 amide bonds. The molecule has 0 spiro atoms. The summed E-state index contributed by atoms with van der Waals surface area (Å²) in [5, 5.41) is 0. The van der Waals surface area contributed by atoms with E-state index in [1.54, 1.807) is 0 Å². The van der Waals surface area contributed by atoms with Gasteiger partial charge in [0.25, 0.3) is 0 Å². The molecule has 0 bridgehead atoms. The average Bonchev–Trinajstić information content (AvgIpc) is 1.90. The third-order valence-electron chi connectivity index (χ3n) is 1.04. The zero-order valence-electron chi connectivity index (χ0n) is 5.15. The van der Waals surface area contributed by atoms with Crippen LogP contribution in [0.2, 0.25) is 0 Å². The van der Waals surface area contributed by atoms with Gasteiger partial charge in [-0.05, 0) is 0 Å². The summed E-state index contributed by atoms with van der Waals surface area (Å²) >= 11 is 0. The fraction of sp³-hybridized carbons (Fsp3) is 0.400. The number of hydrogen-bond donors (Lipinski definition) is 3. The topological polar surface area (TPSA) is 62.4 Å². The highest BCUT2D eigenvalue weighted by Crippen LogP contribution is 1.88. The molecule has 0 aromatic rings. The molecule has 0 saturated heterocycles. The van der Waals surface area contributed by atoms with Crippen LogP contribution in [0.25, 0.3) is 0 Å². The first-order valence-corrected chi connectivity index (χ1v) is 2.76. The van der Waals surface area contributed by atoms with Crippen molar-refractivity contribution in [2.24, 2.45) is 10.7 Å². The number of nitrogens with one attached hydrogen (secondary N) is 2. The van der Waals surface area contributed by atoms with Crippen LogP contribution in [0.4, 0.5) is 0 Å². The minimum absolute atomic E-state index is 0.445. The fourth-order valence-electron chi connectivity index (χ4n) is 0.546. The van der Waals surface area contributed by atoms with Gasteiger partial charge in [0.1, 0.15) is 5.84 Å². The SMILES string of the molecule is C=C1CN=C(CN)NN1. The van der Waals surface area contributed by atoms with Crippen molar-refractivity contribution in [1.29, 1.82) is 0 Å². The Hall–Kier alpha value is -1.03. The van der Waals surface area contributed by atoms with Crippen molar-refractivity contribution in [3.8, 4) is 0 Å². The number of hydrazine groups is 1. The Bertz CT molecular complexity index is 149. The molecule has 1 rings (SSSR count). The van der Waals surface area contributed by atoms with Gasteiger partial charge in [0.05, 0.1) is 13.1 Å². The molecule has 4 N–H and O–H groups in total. The average molecular weight is 126 g/mol. The van der Waals surface area contributed by atoms with E-state index in [0.29, 0.717) is 13.1 Å². The number of rotatable bonds is 1. The van der Waals surface area contributed by atoms with E-state index in [-0.39, 0.29) is 0 Å². The molecular formula is C5H10N4. The Morgan fingerprint density at radius 2 is 2.44 bits per heavy atom. The zero-order chi connectivity index (χ0) is 6.69. The van der Waals surface area contributed by atoms with Gasteiger partial charge < -0.3 is 11.2 Å². The second-order valence-corrected chi connectivity index (χ2v) is 1.82. The first-order chi connectivity index (χ1) is 4.33. The number of nitrogens with two attached hydrogens (primary N) is 1. The lowest BCUT2D eigenvalue weighted by atomic mass is 10.4. The normalized spacial score (nSPS) is 17.9. The molecule has 50 valence electrons. The quantitative estimate of drug-likeness (QED) is 0.421. The van der Waals surface area contributed by atoms with Gasteiger partial charge in [0.15, 0.2) is 0 Å². The van der Waals surface area contributed by atoms with Crippen LogP contribution in [0.5, 0.6) is 0 Å². The van der Waals surface area contributed by atoms with Gasteiger partial charge in [-0.3, -0.25) is 10.4 Å². The van der Waals surface area contributed by atoms with E-state index in [1.807, 2.05) is 0 Å². The van der Waals surface area contributed by atoms with Crippen molar-refractivity contribution in [1.82, 2.24) is 10.9 Å². The Morgan fingerprint density at radius 3 is 2.89 bits per heavy atom. The zero-order valence-corrected chi connectivity index (χ0v) is 5.15. The van der Waals surface area contributed by atoms with E-state index in [2.05, 4.69) is 22.4 Å². The Kier molecular flexibility index (Phi) is 1.69. The van der Waals surface area contributed by atoms with E-state index in [1.165, 1.54) is 0 Å². The largest absolute Gasteiger partial charge is 0.324 e. The summed E-state index contributed by atoms with van der Waals surface area (Å²) < 4.78 is 0. The van der Waals surface area contributed by atoms with Crippen molar-refractivity contribution >= 4 is 5.84 Å². The minimum Gasteiger partial charge on any atom is -0.324 e. The van der Waals surface area contributed by atoms with E-state index in [9.17, 15) is 0 Å². The lowest BCUT2D eigenvalue weighted by Crippen LogP contribution is -2.44. The Morgan fingerprint density at radius 1 is 1.67 bits per heavy atom. The molecule has 0 atom stereocenters. The molecule has 1 heterocycles. The van der Waals surface area contributed by atoms with Gasteiger partial charge in [-0.2, -0.15) is 0 Å². The molecule has 0 aromatic heterocycles. The van der Waals surface area contributed by atoms with E-state index < -0.39 is 0 Å². The molecule has 1 aliphatic heterocycles. The Balaban J connectivity index is 2.50. The fourth-order valence-corrected chi connectivity index (χ4v) is 0.546. The van der Waals surface area contributed by atoms with Crippen molar-refractivity contribution in [2.75, 3.05) is 13.1 Å². The summed E-state index contributed by atoms with van der Waals surface area (Å²) in [5.74, 6) is 0.780. The van der Waals surface area contributed by atoms with Crippen LogP contribution in [0.1, 0.15) is 0 Å². The van der Waals surface area contributed by atoms with Gasteiger partial charge in [-0.1, -0.05) is 6.58 Å². The van der Waals surface area contributed by atoms with E-state index in [4.69, 9.17) is 5.73 Å². The maximum Gasteiger partial charge on any atom is 0.129 e. The van der Waals surface area contributed by atoms with Gasteiger partial charge in [0.2, 0.25) is 0 Å². The molecule has 0 radical (unpaired) electrons. The van der Waals surface area contributed by atoms with Gasteiger partial charge in [-0.25, -0.2) is 0 Å². The lowest BCUT2D eigenvalue weighted by Gasteiger charge is -2.16. The van der Waals surface area contributed by atoms with Crippen molar-refractivity contribution in [3.63, 3.8) is 0 Å². The second kappa shape index (κ2) is 2.50. The van der Waals surface area contributed by atoms with Crippen LogP contribution in [0, 0.1) is 0 Å². The highest BCUT2D eigenvalue weighted by Gasteiger charge is 2.01. The predicted molar refractivity (Wildman–Crippen MR) is 36.8 cm³/mol. The molecular weight excluding hydrogens is 116 g/mol.